The van der Waals surface area contributed by atoms with Gasteiger partial charge in [0.1, 0.15) is 12.0 Å². The topological polar surface area (TPSA) is 79.9 Å². The molecule has 0 amide bonds. The van der Waals surface area contributed by atoms with Crippen molar-refractivity contribution in [2.24, 2.45) is 5.73 Å². The van der Waals surface area contributed by atoms with Crippen molar-refractivity contribution in [3.63, 3.8) is 0 Å². The van der Waals surface area contributed by atoms with Gasteiger partial charge in [-0.05, 0) is 61.2 Å². The number of nitrogen functional groups attached to an aromatic ring is 1. The molecule has 0 radical (unpaired) electrons. The molecule has 19 heavy (non-hydrogen) atoms. The van der Waals surface area contributed by atoms with Crippen LogP contribution in [0.1, 0.15) is 11.9 Å². The minimum absolute atomic E-state index is 0.176. The van der Waals surface area contributed by atoms with Crippen LogP contribution in [-0.4, -0.2) is 54.0 Å². The average molecular weight is 309 g/mol. The molecule has 1 rings (SSSR count). The Morgan fingerprint density at radius 1 is 1.26 bits per heavy atom. The van der Waals surface area contributed by atoms with Crippen molar-refractivity contribution in [2.75, 3.05) is 54.8 Å². The zero-order chi connectivity index (χ0) is 14.9. The van der Waals surface area contributed by atoms with Gasteiger partial charge in [0.2, 0.25) is 0 Å². The summed E-state index contributed by atoms with van der Waals surface area (Å²) in [5, 5.41) is 0. The van der Waals surface area contributed by atoms with E-state index >= 15 is 0 Å². The van der Waals surface area contributed by atoms with Crippen molar-refractivity contribution in [1.82, 2.24) is 9.71 Å². The first kappa shape index (κ1) is 16.8. The molecule has 0 saturated carbocycles. The van der Waals surface area contributed by atoms with Gasteiger partial charge < -0.3 is 16.5 Å². The Morgan fingerprint density at radius 3 is 2.26 bits per heavy atom. The van der Waals surface area contributed by atoms with Crippen LogP contribution in [0.25, 0.3) is 0 Å². The Bertz CT molecular complexity index is 426. The second-order valence-corrected chi connectivity index (χ2v) is 19.1. The molecular formula is C13H32N4S2. The van der Waals surface area contributed by atoms with E-state index in [1.807, 2.05) is 12.1 Å². The van der Waals surface area contributed by atoms with Gasteiger partial charge in [0.15, 0.2) is 0 Å². The van der Waals surface area contributed by atoms with E-state index in [0.29, 0.717) is 5.82 Å². The number of hydrogen-bond donors (Lipinski definition) is 5. The largest absolute Gasteiger partial charge is 0.385 e. The lowest BCUT2D eigenvalue weighted by Gasteiger charge is -2.55. The molecule has 1 aromatic rings. The Balaban J connectivity index is 2.71. The summed E-state index contributed by atoms with van der Waals surface area (Å²) in [5.74, 6) is 3.16. The van der Waals surface area contributed by atoms with Gasteiger partial charge in [-0.25, -0.2) is 10.0 Å². The predicted molar refractivity (Wildman–Crippen MR) is 97.1 cm³/mol. The third-order valence-electron chi connectivity index (χ3n) is 3.17. The van der Waals surface area contributed by atoms with E-state index in [4.69, 9.17) is 11.5 Å². The smallest absolute Gasteiger partial charge is 0.103 e. The zero-order valence-electron chi connectivity index (χ0n) is 13.2. The second-order valence-electron chi connectivity index (χ2n) is 7.61. The number of anilines is 1. The highest BCUT2D eigenvalue weighted by molar-refractivity contribution is 8.47. The SMILES string of the molecule is CS(C)(C)CC[SH](C)(C)(C)NC(N)c1ccc(N)[nH]1. The molecule has 0 spiro atoms. The van der Waals surface area contributed by atoms with Crippen LogP contribution < -0.4 is 16.2 Å². The Hall–Kier alpha value is -0.300. The van der Waals surface area contributed by atoms with Crippen LogP contribution in [0.5, 0.6) is 0 Å². The number of H-pyrrole nitrogens is 1. The molecule has 0 fully saturated rings. The fourth-order valence-corrected chi connectivity index (χ4v) is 7.90. The van der Waals surface area contributed by atoms with Gasteiger partial charge in [0, 0.05) is 5.69 Å². The molecule has 1 unspecified atom stereocenters. The van der Waals surface area contributed by atoms with Gasteiger partial charge in [-0.3, -0.25) is 14.1 Å². The maximum absolute atomic E-state index is 6.26. The summed E-state index contributed by atoms with van der Waals surface area (Å²) in [4.78, 5) is 3.10. The lowest BCUT2D eigenvalue weighted by molar-refractivity contribution is 0.684. The number of aromatic nitrogens is 1. The van der Waals surface area contributed by atoms with Gasteiger partial charge in [-0.2, -0.15) is 0 Å². The highest BCUT2D eigenvalue weighted by Gasteiger charge is 2.28. The van der Waals surface area contributed by atoms with Crippen LogP contribution in [0.3, 0.4) is 0 Å². The van der Waals surface area contributed by atoms with Gasteiger partial charge in [-0.1, -0.05) is 0 Å². The summed E-state index contributed by atoms with van der Waals surface area (Å²) in [5.41, 5.74) is 12.9. The van der Waals surface area contributed by atoms with Crippen molar-refractivity contribution in [3.8, 4) is 0 Å². The molecule has 1 aromatic heterocycles. The van der Waals surface area contributed by atoms with Crippen LogP contribution >= 0.6 is 19.4 Å². The van der Waals surface area contributed by atoms with Crippen molar-refractivity contribution < 1.29 is 0 Å². The van der Waals surface area contributed by atoms with E-state index in [-0.39, 0.29) is 6.17 Å². The molecule has 6 heteroatoms. The van der Waals surface area contributed by atoms with Crippen LogP contribution in [-0.2, 0) is 0 Å². The average Bonchev–Trinajstić information content (AvgIpc) is 2.60. The summed E-state index contributed by atoms with van der Waals surface area (Å²) >= 11 is 0. The first-order valence-electron chi connectivity index (χ1n) is 6.50. The molecule has 1 heterocycles. The van der Waals surface area contributed by atoms with Crippen LogP contribution in [0.2, 0.25) is 0 Å². The van der Waals surface area contributed by atoms with Gasteiger partial charge in [-0.15, -0.1) is 0 Å². The standard InChI is InChI=1S/C13H32N4S2/c1-18(2,3)9-10-19(4,5,6)17-13(15)11-7-8-12(14)16-11/h7-8,13,16-17,19H,9-10,14-15H2,1-6H3. The van der Waals surface area contributed by atoms with E-state index in [0.717, 1.165) is 5.69 Å². The Kier molecular flexibility index (Phi) is 4.62. The lowest BCUT2D eigenvalue weighted by atomic mass is 10.4. The Labute approximate surface area is 119 Å². The van der Waals surface area contributed by atoms with Crippen molar-refractivity contribution >= 4 is 25.2 Å². The number of nitrogens with two attached hydrogens (primary N) is 2. The quantitative estimate of drug-likeness (QED) is 0.410. The van der Waals surface area contributed by atoms with E-state index in [1.165, 1.54) is 11.5 Å². The highest BCUT2D eigenvalue weighted by Crippen LogP contribution is 2.58. The van der Waals surface area contributed by atoms with Crippen molar-refractivity contribution in [2.45, 2.75) is 6.17 Å². The summed E-state index contributed by atoms with van der Waals surface area (Å²) in [7, 11) is -2.41. The molecule has 6 N–H and O–H groups in total. The number of aromatic amines is 1. The van der Waals surface area contributed by atoms with Crippen LogP contribution in [0.15, 0.2) is 12.1 Å². The molecule has 0 aliphatic heterocycles. The van der Waals surface area contributed by atoms with E-state index in [2.05, 4.69) is 47.2 Å². The molecule has 0 saturated heterocycles. The van der Waals surface area contributed by atoms with Gasteiger partial charge in [0.25, 0.3) is 0 Å². The maximum Gasteiger partial charge on any atom is 0.103 e. The molecule has 4 nitrogen and oxygen atoms in total. The van der Waals surface area contributed by atoms with E-state index in [9.17, 15) is 0 Å². The van der Waals surface area contributed by atoms with E-state index in [1.54, 1.807) is 0 Å². The first-order valence-corrected chi connectivity index (χ1v) is 13.3. The third-order valence-corrected chi connectivity index (χ3v) is 7.93. The molecule has 116 valence electrons. The second kappa shape index (κ2) is 5.24. The van der Waals surface area contributed by atoms with Gasteiger partial charge in [0.05, 0.1) is 0 Å². The zero-order valence-corrected chi connectivity index (χ0v) is 14.9. The fourth-order valence-electron chi connectivity index (χ4n) is 1.85. The monoisotopic (exact) mass is 308 g/mol. The molecule has 0 aromatic carbocycles. The summed E-state index contributed by atoms with van der Waals surface area (Å²) < 4.78 is 3.67. The number of thiol groups is 1. The van der Waals surface area contributed by atoms with Crippen molar-refractivity contribution in [3.05, 3.63) is 17.8 Å². The van der Waals surface area contributed by atoms with Gasteiger partial charge >= 0.3 is 0 Å². The number of hydrogen-bond acceptors (Lipinski definition) is 3. The normalized spacial score (nSPS) is 17.7. The fraction of sp³-hybridized carbons (Fsp3) is 0.692. The first-order chi connectivity index (χ1) is 8.36. The molecular weight excluding hydrogens is 276 g/mol. The summed E-state index contributed by atoms with van der Waals surface area (Å²) in [6.07, 6.45) is 14.0. The molecule has 1 atom stereocenters. The minimum atomic E-state index is -1.94. The predicted octanol–water partition coefficient (Wildman–Crippen LogP) is 1.71. The highest BCUT2D eigenvalue weighted by atomic mass is 32.3. The summed E-state index contributed by atoms with van der Waals surface area (Å²) in [6.45, 7) is 0. The maximum atomic E-state index is 6.26. The van der Waals surface area contributed by atoms with Crippen LogP contribution in [0, 0.1) is 0 Å². The molecule has 0 aliphatic carbocycles. The van der Waals surface area contributed by atoms with Crippen molar-refractivity contribution in [1.29, 1.82) is 0 Å². The molecule has 0 aliphatic rings. The van der Waals surface area contributed by atoms with E-state index < -0.39 is 19.4 Å². The van der Waals surface area contributed by atoms with Crippen LogP contribution in [0.4, 0.5) is 5.82 Å². The third kappa shape index (κ3) is 6.12. The number of rotatable bonds is 6. The summed E-state index contributed by atoms with van der Waals surface area (Å²) in [6, 6.07) is 3.81. The Morgan fingerprint density at radius 2 is 1.84 bits per heavy atom. The lowest BCUT2D eigenvalue weighted by Crippen LogP contribution is -2.41. The number of nitrogens with one attached hydrogen (secondary N) is 2. The molecule has 0 bridgehead atoms. The minimum Gasteiger partial charge on any atom is -0.385 e.